The Morgan fingerprint density at radius 1 is 1.06 bits per heavy atom. The number of nitrogens with zero attached hydrogens (tertiary/aromatic N) is 1. The molecule has 32 heavy (non-hydrogen) atoms. The van der Waals surface area contributed by atoms with Gasteiger partial charge in [-0.15, -0.1) is 0 Å². The van der Waals surface area contributed by atoms with Crippen LogP contribution >= 0.6 is 0 Å². The van der Waals surface area contributed by atoms with Gasteiger partial charge in [0.05, 0.1) is 6.61 Å². The van der Waals surface area contributed by atoms with Gasteiger partial charge in [-0.25, -0.2) is 9.78 Å². The highest BCUT2D eigenvalue weighted by Crippen LogP contribution is 2.27. The number of aromatic nitrogens is 1. The van der Waals surface area contributed by atoms with Crippen LogP contribution in [0, 0.1) is 5.92 Å². The SMILES string of the molecule is CCCCCOc1cccc2oc(C(=O)[C@@H](NC(=O)OCc3ccccc3)C(C)C)nc12. The van der Waals surface area contributed by atoms with E-state index < -0.39 is 17.9 Å². The zero-order valence-corrected chi connectivity index (χ0v) is 18.8. The highest BCUT2D eigenvalue weighted by atomic mass is 16.5. The number of hydrogen-bond acceptors (Lipinski definition) is 6. The average Bonchev–Trinajstić information content (AvgIpc) is 3.24. The predicted octanol–water partition coefficient (Wildman–Crippen LogP) is 5.53. The van der Waals surface area contributed by atoms with Crippen LogP contribution in [0.2, 0.25) is 0 Å². The van der Waals surface area contributed by atoms with Crippen molar-refractivity contribution in [2.45, 2.75) is 52.7 Å². The van der Waals surface area contributed by atoms with E-state index in [1.807, 2.05) is 50.2 Å². The molecule has 1 heterocycles. The van der Waals surface area contributed by atoms with Crippen molar-refractivity contribution >= 4 is 23.0 Å². The van der Waals surface area contributed by atoms with Crippen molar-refractivity contribution in [3.8, 4) is 5.75 Å². The molecule has 0 aliphatic rings. The van der Waals surface area contributed by atoms with E-state index in [1.54, 1.807) is 12.1 Å². The fourth-order valence-electron chi connectivity index (χ4n) is 3.24. The number of ether oxygens (including phenoxy) is 2. The van der Waals surface area contributed by atoms with Crippen molar-refractivity contribution in [2.75, 3.05) is 6.61 Å². The van der Waals surface area contributed by atoms with Crippen molar-refractivity contribution < 1.29 is 23.5 Å². The van der Waals surface area contributed by atoms with Gasteiger partial charge < -0.3 is 19.2 Å². The summed E-state index contributed by atoms with van der Waals surface area (Å²) in [5.41, 5.74) is 1.83. The first-order valence-electron chi connectivity index (χ1n) is 11.0. The first kappa shape index (κ1) is 23.3. The molecule has 1 atom stereocenters. The van der Waals surface area contributed by atoms with Crippen LogP contribution in [0.3, 0.4) is 0 Å². The molecule has 0 fully saturated rings. The van der Waals surface area contributed by atoms with E-state index in [9.17, 15) is 9.59 Å². The van der Waals surface area contributed by atoms with Gasteiger partial charge >= 0.3 is 6.09 Å². The maximum Gasteiger partial charge on any atom is 0.408 e. The summed E-state index contributed by atoms with van der Waals surface area (Å²) in [6, 6.07) is 13.9. The minimum absolute atomic E-state index is 0.0633. The number of amides is 1. The highest BCUT2D eigenvalue weighted by molar-refractivity contribution is 6.00. The van der Waals surface area contributed by atoms with Crippen LogP contribution in [0.5, 0.6) is 5.75 Å². The summed E-state index contributed by atoms with van der Waals surface area (Å²) in [5, 5.41) is 2.65. The second-order valence-electron chi connectivity index (χ2n) is 7.97. The number of benzene rings is 2. The summed E-state index contributed by atoms with van der Waals surface area (Å²) in [6.07, 6.45) is 2.46. The number of rotatable bonds is 11. The third-order valence-corrected chi connectivity index (χ3v) is 5.03. The summed E-state index contributed by atoms with van der Waals surface area (Å²) < 4.78 is 16.8. The predicted molar refractivity (Wildman–Crippen MR) is 122 cm³/mol. The Labute approximate surface area is 188 Å². The van der Waals surface area contributed by atoms with Crippen molar-refractivity contribution in [3.05, 3.63) is 60.0 Å². The quantitative estimate of drug-likeness (QED) is 0.313. The van der Waals surface area contributed by atoms with Crippen molar-refractivity contribution in [2.24, 2.45) is 5.92 Å². The molecule has 1 amide bonds. The smallest absolute Gasteiger partial charge is 0.408 e. The zero-order valence-electron chi connectivity index (χ0n) is 18.8. The molecule has 0 saturated heterocycles. The molecule has 3 aromatic rings. The van der Waals surface area contributed by atoms with E-state index in [0.717, 1.165) is 24.8 Å². The van der Waals surface area contributed by atoms with Gasteiger partial charge in [0, 0.05) is 0 Å². The van der Waals surface area contributed by atoms with E-state index in [0.29, 0.717) is 23.5 Å². The number of fused-ring (bicyclic) bond motifs is 1. The van der Waals surface area contributed by atoms with Crippen LogP contribution in [-0.2, 0) is 11.3 Å². The molecular weight excluding hydrogens is 408 g/mol. The summed E-state index contributed by atoms with van der Waals surface area (Å²) in [5.74, 6) is -0.0826. The normalized spacial score (nSPS) is 12.0. The molecular formula is C25H30N2O5. The van der Waals surface area contributed by atoms with E-state index in [1.165, 1.54) is 0 Å². The molecule has 7 nitrogen and oxygen atoms in total. The first-order chi connectivity index (χ1) is 15.5. The minimum Gasteiger partial charge on any atom is -0.491 e. The molecule has 1 aromatic heterocycles. The summed E-state index contributed by atoms with van der Waals surface area (Å²) in [4.78, 5) is 29.8. The molecule has 7 heteroatoms. The number of alkyl carbamates (subject to hydrolysis) is 1. The Morgan fingerprint density at radius 2 is 1.84 bits per heavy atom. The third kappa shape index (κ3) is 6.09. The standard InChI is InChI=1S/C25H30N2O5/c1-4-5-9-15-30-19-13-10-14-20-22(19)26-24(32-20)23(28)21(17(2)3)27-25(29)31-16-18-11-7-6-8-12-18/h6-8,10-14,17,21H,4-5,9,15-16H2,1-3H3,(H,27,29)/t21-/m0/s1. The summed E-state index contributed by atoms with van der Waals surface area (Å²) in [6.45, 7) is 6.50. The van der Waals surface area contributed by atoms with E-state index in [-0.39, 0.29) is 18.4 Å². The van der Waals surface area contributed by atoms with Crippen LogP contribution in [0.4, 0.5) is 4.79 Å². The van der Waals surface area contributed by atoms with Crippen molar-refractivity contribution in [1.29, 1.82) is 0 Å². The molecule has 0 spiro atoms. The van der Waals surface area contributed by atoms with E-state index in [4.69, 9.17) is 13.9 Å². The molecule has 0 bridgehead atoms. The molecule has 170 valence electrons. The maximum atomic E-state index is 13.1. The first-order valence-corrected chi connectivity index (χ1v) is 11.0. The number of Topliss-reactive ketones (excluding diaryl/α,β-unsaturated/α-hetero) is 1. The number of oxazole rings is 1. The van der Waals surface area contributed by atoms with Gasteiger partial charge in [0.15, 0.2) is 11.1 Å². The number of carbonyl (C=O) groups is 2. The molecule has 0 radical (unpaired) electrons. The largest absolute Gasteiger partial charge is 0.491 e. The lowest BCUT2D eigenvalue weighted by atomic mass is 10.00. The Balaban J connectivity index is 1.69. The second kappa shape index (κ2) is 11.3. The van der Waals surface area contributed by atoms with Gasteiger partial charge in [0.2, 0.25) is 5.78 Å². The monoisotopic (exact) mass is 438 g/mol. The summed E-state index contributed by atoms with van der Waals surface area (Å²) in [7, 11) is 0. The molecule has 1 N–H and O–H groups in total. The highest BCUT2D eigenvalue weighted by Gasteiger charge is 2.30. The number of hydrogen-bond donors (Lipinski definition) is 1. The minimum atomic E-state index is -0.833. The molecule has 0 saturated carbocycles. The molecule has 0 aliphatic heterocycles. The number of carbonyl (C=O) groups excluding carboxylic acids is 2. The summed E-state index contributed by atoms with van der Waals surface area (Å²) >= 11 is 0. The number of unbranched alkanes of at least 4 members (excludes halogenated alkanes) is 2. The zero-order chi connectivity index (χ0) is 22.9. The van der Waals surface area contributed by atoms with Gasteiger partial charge in [-0.2, -0.15) is 0 Å². The Morgan fingerprint density at radius 3 is 2.56 bits per heavy atom. The number of para-hydroxylation sites is 1. The lowest BCUT2D eigenvalue weighted by Gasteiger charge is -2.19. The van der Waals surface area contributed by atoms with Crippen LogP contribution in [0.15, 0.2) is 52.9 Å². The van der Waals surface area contributed by atoms with Gasteiger partial charge in [0.1, 0.15) is 18.4 Å². The topological polar surface area (TPSA) is 90.7 Å². The van der Waals surface area contributed by atoms with Crippen LogP contribution in [0.1, 0.15) is 56.3 Å². The van der Waals surface area contributed by atoms with Crippen molar-refractivity contribution in [3.63, 3.8) is 0 Å². The molecule has 0 unspecified atom stereocenters. The molecule has 3 rings (SSSR count). The number of nitrogens with one attached hydrogen (secondary N) is 1. The molecule has 0 aliphatic carbocycles. The Hall–Kier alpha value is -3.35. The number of ketones is 1. The van der Waals surface area contributed by atoms with Gasteiger partial charge in [0.25, 0.3) is 5.89 Å². The van der Waals surface area contributed by atoms with E-state index in [2.05, 4.69) is 17.2 Å². The van der Waals surface area contributed by atoms with Crippen LogP contribution < -0.4 is 10.1 Å². The van der Waals surface area contributed by atoms with Gasteiger partial charge in [-0.3, -0.25) is 4.79 Å². The molecule has 2 aromatic carbocycles. The average molecular weight is 439 g/mol. The fourth-order valence-corrected chi connectivity index (χ4v) is 3.24. The Bertz CT molecular complexity index is 1030. The Kier molecular flexibility index (Phi) is 8.25. The van der Waals surface area contributed by atoms with Crippen LogP contribution in [-0.4, -0.2) is 29.5 Å². The van der Waals surface area contributed by atoms with Crippen LogP contribution in [0.25, 0.3) is 11.1 Å². The third-order valence-electron chi connectivity index (χ3n) is 5.03. The fraction of sp³-hybridized carbons (Fsp3) is 0.400. The lowest BCUT2D eigenvalue weighted by molar-refractivity contribution is 0.0855. The lowest BCUT2D eigenvalue weighted by Crippen LogP contribution is -2.44. The van der Waals surface area contributed by atoms with Gasteiger partial charge in [-0.1, -0.05) is 70.0 Å². The van der Waals surface area contributed by atoms with Crippen molar-refractivity contribution in [1.82, 2.24) is 10.3 Å². The van der Waals surface area contributed by atoms with Gasteiger partial charge in [-0.05, 0) is 30.0 Å². The van der Waals surface area contributed by atoms with E-state index >= 15 is 0 Å². The second-order valence-corrected chi connectivity index (χ2v) is 7.97. The maximum absolute atomic E-state index is 13.1.